The van der Waals surface area contributed by atoms with E-state index in [1.807, 2.05) is 0 Å². The molecule has 0 fully saturated rings. The van der Waals surface area contributed by atoms with Crippen LogP contribution in [0.15, 0.2) is 42.5 Å². The van der Waals surface area contributed by atoms with Gasteiger partial charge in [-0.25, -0.2) is 4.79 Å². The van der Waals surface area contributed by atoms with Crippen LogP contribution in [0.2, 0.25) is 0 Å². The van der Waals surface area contributed by atoms with Gasteiger partial charge in [0, 0.05) is 11.1 Å². The van der Waals surface area contributed by atoms with Crippen LogP contribution in [0.4, 0.5) is 26.3 Å². The van der Waals surface area contributed by atoms with Crippen LogP contribution >= 0.6 is 0 Å². The van der Waals surface area contributed by atoms with E-state index in [1.165, 1.54) is 12.1 Å². The van der Waals surface area contributed by atoms with E-state index in [0.29, 0.717) is 12.1 Å². The van der Waals surface area contributed by atoms with Crippen LogP contribution in [0.25, 0.3) is 11.1 Å². The molecule has 0 aromatic heterocycles. The first-order chi connectivity index (χ1) is 11.5. The Morgan fingerprint density at radius 1 is 0.920 bits per heavy atom. The normalized spacial score (nSPS) is 12.0. The molecule has 0 aliphatic carbocycles. The summed E-state index contributed by atoms with van der Waals surface area (Å²) in [5.74, 6) is -1.73. The average molecular weight is 364 g/mol. The molecule has 0 unspecified atom stereocenters. The molecule has 2 rings (SSSR count). The molecule has 134 valence electrons. The Morgan fingerprint density at radius 2 is 1.56 bits per heavy atom. The SMILES string of the molecule is COC(=O)c1ccc(C(F)(F)F)cc1-c1ccccc1OC(F)(F)F. The van der Waals surface area contributed by atoms with E-state index >= 15 is 0 Å². The number of rotatable bonds is 3. The quantitative estimate of drug-likeness (QED) is 0.564. The van der Waals surface area contributed by atoms with Crippen LogP contribution in [0.5, 0.6) is 5.75 Å². The van der Waals surface area contributed by atoms with Crippen molar-refractivity contribution in [1.82, 2.24) is 0 Å². The van der Waals surface area contributed by atoms with Crippen LogP contribution in [0.3, 0.4) is 0 Å². The first kappa shape index (κ1) is 18.6. The Morgan fingerprint density at radius 3 is 2.12 bits per heavy atom. The van der Waals surface area contributed by atoms with Crippen LogP contribution in [0.1, 0.15) is 15.9 Å². The number of carbonyl (C=O) groups excluding carboxylic acids is 1. The molecule has 25 heavy (non-hydrogen) atoms. The number of halogens is 6. The Balaban J connectivity index is 2.70. The first-order valence-corrected chi connectivity index (χ1v) is 6.67. The van der Waals surface area contributed by atoms with Crippen LogP contribution in [-0.4, -0.2) is 19.4 Å². The lowest BCUT2D eigenvalue weighted by atomic mass is 9.96. The Kier molecular flexibility index (Phi) is 4.96. The fourth-order valence-corrected chi connectivity index (χ4v) is 2.13. The second-order valence-corrected chi connectivity index (χ2v) is 4.79. The van der Waals surface area contributed by atoms with Gasteiger partial charge in [0.1, 0.15) is 5.75 Å². The summed E-state index contributed by atoms with van der Waals surface area (Å²) in [6.07, 6.45) is -9.80. The largest absolute Gasteiger partial charge is 0.573 e. The summed E-state index contributed by atoms with van der Waals surface area (Å²) in [6, 6.07) is 6.63. The van der Waals surface area contributed by atoms with Gasteiger partial charge in [-0.2, -0.15) is 13.2 Å². The maximum atomic E-state index is 12.9. The maximum Gasteiger partial charge on any atom is 0.573 e. The number of hydrogen-bond donors (Lipinski definition) is 0. The van der Waals surface area contributed by atoms with Crippen LogP contribution in [-0.2, 0) is 10.9 Å². The highest BCUT2D eigenvalue weighted by atomic mass is 19.4. The molecule has 0 heterocycles. The summed E-state index contributed by atoms with van der Waals surface area (Å²) in [6.45, 7) is 0. The van der Waals surface area contributed by atoms with Crippen molar-refractivity contribution in [3.63, 3.8) is 0 Å². The molecule has 9 heteroatoms. The van der Waals surface area contributed by atoms with Crippen LogP contribution < -0.4 is 4.74 Å². The number of para-hydroxylation sites is 1. The minimum Gasteiger partial charge on any atom is -0.465 e. The molecule has 0 atom stereocenters. The lowest BCUT2D eigenvalue weighted by Gasteiger charge is -2.16. The van der Waals surface area contributed by atoms with Gasteiger partial charge in [0.05, 0.1) is 18.2 Å². The van der Waals surface area contributed by atoms with Crippen molar-refractivity contribution < 1.29 is 40.6 Å². The molecule has 0 bridgehead atoms. The molecule has 0 N–H and O–H groups in total. The summed E-state index contributed by atoms with van der Waals surface area (Å²) in [5, 5.41) is 0. The topological polar surface area (TPSA) is 35.5 Å². The molecule has 0 saturated heterocycles. The molecule has 2 aromatic rings. The molecule has 0 saturated carbocycles. The van der Waals surface area contributed by atoms with Gasteiger partial charge in [0.25, 0.3) is 0 Å². The number of hydrogen-bond acceptors (Lipinski definition) is 3. The van der Waals surface area contributed by atoms with Gasteiger partial charge in [-0.05, 0) is 24.3 Å². The molecule has 0 aliphatic rings. The minimum absolute atomic E-state index is 0.325. The summed E-state index contributed by atoms with van der Waals surface area (Å²) >= 11 is 0. The number of ether oxygens (including phenoxy) is 2. The number of benzene rings is 2. The van der Waals surface area contributed by atoms with E-state index in [2.05, 4.69) is 9.47 Å². The Labute approximate surface area is 137 Å². The summed E-state index contributed by atoms with van der Waals surface area (Å²) in [5.41, 5.74) is -2.17. The monoisotopic (exact) mass is 364 g/mol. The lowest BCUT2D eigenvalue weighted by Crippen LogP contribution is -2.18. The van der Waals surface area contributed by atoms with Gasteiger partial charge in [-0.1, -0.05) is 18.2 Å². The zero-order valence-electron chi connectivity index (χ0n) is 12.5. The predicted molar refractivity (Wildman–Crippen MR) is 74.9 cm³/mol. The Bertz CT molecular complexity index is 780. The second kappa shape index (κ2) is 6.66. The first-order valence-electron chi connectivity index (χ1n) is 6.67. The standard InChI is InChI=1S/C16H10F6O3/c1-24-14(23)11-7-6-9(15(17,18)19)8-12(11)10-4-2-3-5-13(10)25-16(20,21)22/h2-8H,1H3. The minimum atomic E-state index is -5.05. The van der Waals surface area contributed by atoms with Crippen molar-refractivity contribution in [3.05, 3.63) is 53.6 Å². The third-order valence-corrected chi connectivity index (χ3v) is 3.16. The van der Waals surface area contributed by atoms with Gasteiger partial charge in [0.15, 0.2) is 0 Å². The highest BCUT2D eigenvalue weighted by Crippen LogP contribution is 2.39. The second-order valence-electron chi connectivity index (χ2n) is 4.79. The molecule has 0 amide bonds. The molecule has 2 aromatic carbocycles. The van der Waals surface area contributed by atoms with E-state index in [0.717, 1.165) is 25.3 Å². The molecule has 0 spiro atoms. The van der Waals surface area contributed by atoms with Crippen molar-refractivity contribution in [2.75, 3.05) is 7.11 Å². The van der Waals surface area contributed by atoms with Crippen molar-refractivity contribution in [2.45, 2.75) is 12.5 Å². The van der Waals surface area contributed by atoms with E-state index in [9.17, 15) is 31.1 Å². The van der Waals surface area contributed by atoms with Gasteiger partial charge < -0.3 is 9.47 Å². The number of methoxy groups -OCH3 is 1. The van der Waals surface area contributed by atoms with Crippen molar-refractivity contribution in [2.24, 2.45) is 0 Å². The van der Waals surface area contributed by atoms with Gasteiger partial charge >= 0.3 is 18.5 Å². The zero-order valence-corrected chi connectivity index (χ0v) is 12.5. The van der Waals surface area contributed by atoms with E-state index < -0.39 is 29.8 Å². The molecule has 3 nitrogen and oxygen atoms in total. The molecule has 0 radical (unpaired) electrons. The van der Waals surface area contributed by atoms with E-state index in [4.69, 9.17) is 0 Å². The van der Waals surface area contributed by atoms with Gasteiger partial charge in [0.2, 0.25) is 0 Å². The van der Waals surface area contributed by atoms with Crippen molar-refractivity contribution in [3.8, 4) is 16.9 Å². The highest BCUT2D eigenvalue weighted by molar-refractivity contribution is 5.98. The molecular formula is C16H10F6O3. The fraction of sp³-hybridized carbons (Fsp3) is 0.188. The lowest BCUT2D eigenvalue weighted by molar-refractivity contribution is -0.274. The van der Waals surface area contributed by atoms with Gasteiger partial charge in [-0.3, -0.25) is 0 Å². The fourth-order valence-electron chi connectivity index (χ4n) is 2.13. The van der Waals surface area contributed by atoms with E-state index in [1.54, 1.807) is 0 Å². The van der Waals surface area contributed by atoms with Crippen LogP contribution in [0, 0.1) is 0 Å². The predicted octanol–water partition coefficient (Wildman–Crippen LogP) is 5.06. The van der Waals surface area contributed by atoms with Crippen molar-refractivity contribution in [1.29, 1.82) is 0 Å². The maximum absolute atomic E-state index is 12.9. The molecule has 0 aliphatic heterocycles. The number of carbonyl (C=O) groups is 1. The number of alkyl halides is 6. The third-order valence-electron chi connectivity index (χ3n) is 3.16. The summed E-state index contributed by atoms with van der Waals surface area (Å²) in [4.78, 5) is 11.8. The summed E-state index contributed by atoms with van der Waals surface area (Å²) in [7, 11) is 1.00. The zero-order chi connectivity index (χ0) is 18.8. The third kappa shape index (κ3) is 4.43. The van der Waals surface area contributed by atoms with Gasteiger partial charge in [-0.15, -0.1) is 13.2 Å². The van der Waals surface area contributed by atoms with E-state index in [-0.39, 0.29) is 16.7 Å². The average Bonchev–Trinajstić information content (AvgIpc) is 2.52. The summed E-state index contributed by atoms with van der Waals surface area (Å²) < 4.78 is 84.8. The Hall–Kier alpha value is -2.71. The number of esters is 1. The molecular weight excluding hydrogens is 354 g/mol. The smallest absolute Gasteiger partial charge is 0.465 e. The van der Waals surface area contributed by atoms with Crippen molar-refractivity contribution >= 4 is 5.97 Å². The highest BCUT2D eigenvalue weighted by Gasteiger charge is 2.34.